The second-order valence-corrected chi connectivity index (χ2v) is 6.53. The number of rotatable bonds is 4. The van der Waals surface area contributed by atoms with Crippen LogP contribution in [0.1, 0.15) is 32.5 Å². The number of halogens is 1. The molecule has 0 saturated heterocycles. The topological polar surface area (TPSA) is 86.6 Å². The van der Waals surface area contributed by atoms with Gasteiger partial charge in [0.05, 0.1) is 9.13 Å². The van der Waals surface area contributed by atoms with Crippen LogP contribution in [0, 0.1) is 3.57 Å². The first-order chi connectivity index (χ1) is 9.92. The lowest BCUT2D eigenvalue weighted by Gasteiger charge is -2.05. The van der Waals surface area contributed by atoms with Gasteiger partial charge in [-0.05, 0) is 53.3 Å². The Morgan fingerprint density at radius 2 is 2.05 bits per heavy atom. The minimum atomic E-state index is -1.08. The van der Waals surface area contributed by atoms with Crippen molar-refractivity contribution in [3.63, 3.8) is 0 Å². The number of benzene rings is 1. The summed E-state index contributed by atoms with van der Waals surface area (Å²) in [5, 5.41) is 21.7. The Morgan fingerprint density at radius 1 is 1.33 bits per heavy atom. The Balaban J connectivity index is 2.28. The lowest BCUT2D eigenvalue weighted by Crippen LogP contribution is -2.13. The van der Waals surface area contributed by atoms with Crippen LogP contribution in [-0.4, -0.2) is 22.1 Å². The molecule has 0 radical (unpaired) electrons. The predicted octanol–water partition coefficient (Wildman–Crippen LogP) is 3.57. The van der Waals surface area contributed by atoms with E-state index in [9.17, 15) is 14.7 Å². The maximum atomic E-state index is 12.1. The van der Waals surface area contributed by atoms with E-state index in [0.717, 1.165) is 4.88 Å². The predicted molar refractivity (Wildman–Crippen MR) is 89.4 cm³/mol. The number of nitrogens with one attached hydrogen (secondary N) is 1. The van der Waals surface area contributed by atoms with Crippen molar-refractivity contribution in [1.82, 2.24) is 0 Å². The van der Waals surface area contributed by atoms with Gasteiger partial charge in [0, 0.05) is 10.4 Å². The van der Waals surface area contributed by atoms with Gasteiger partial charge in [-0.25, -0.2) is 4.79 Å². The summed E-state index contributed by atoms with van der Waals surface area (Å²) in [4.78, 5) is 24.2. The molecule has 0 bridgehead atoms. The first-order valence-electron chi connectivity index (χ1n) is 6.08. The van der Waals surface area contributed by atoms with Crippen molar-refractivity contribution in [2.45, 2.75) is 13.3 Å². The minimum absolute atomic E-state index is 0.0159. The monoisotopic (exact) mass is 417 g/mol. The van der Waals surface area contributed by atoms with Gasteiger partial charge < -0.3 is 15.5 Å². The molecule has 0 atom stereocenters. The molecule has 2 aromatic rings. The number of aromatic hydroxyl groups is 1. The number of carboxylic acids is 1. The summed E-state index contributed by atoms with van der Waals surface area (Å²) in [6, 6.07) is 6.11. The molecule has 2 rings (SSSR count). The second kappa shape index (κ2) is 6.44. The Morgan fingerprint density at radius 3 is 2.62 bits per heavy atom. The number of phenolic OH excluding ortho intramolecular Hbond substituents is 1. The number of hydrogen-bond donors (Lipinski definition) is 3. The number of amides is 1. The molecule has 5 nitrogen and oxygen atoms in total. The molecule has 110 valence electrons. The second-order valence-electron chi connectivity index (χ2n) is 4.23. The van der Waals surface area contributed by atoms with Crippen molar-refractivity contribution in [2.24, 2.45) is 0 Å². The summed E-state index contributed by atoms with van der Waals surface area (Å²) in [6.45, 7) is 1.92. The van der Waals surface area contributed by atoms with Crippen LogP contribution in [0.25, 0.3) is 0 Å². The summed E-state index contributed by atoms with van der Waals surface area (Å²) in [5.41, 5.74) is 0.357. The first-order valence-corrected chi connectivity index (χ1v) is 7.97. The van der Waals surface area contributed by atoms with Gasteiger partial charge in [-0.3, -0.25) is 4.79 Å². The summed E-state index contributed by atoms with van der Waals surface area (Å²) >= 11 is 3.19. The van der Waals surface area contributed by atoms with Crippen LogP contribution in [0.5, 0.6) is 5.75 Å². The van der Waals surface area contributed by atoms with E-state index in [1.54, 1.807) is 18.2 Å². The summed E-state index contributed by atoms with van der Waals surface area (Å²) in [6.07, 6.45) is 0.700. The normalized spacial score (nSPS) is 10.4. The van der Waals surface area contributed by atoms with Crippen molar-refractivity contribution in [1.29, 1.82) is 0 Å². The zero-order valence-corrected chi connectivity index (χ0v) is 14.0. The number of aryl methyl sites for hydroxylation is 1. The average Bonchev–Trinajstić information content (AvgIpc) is 2.85. The third-order valence-corrected chi connectivity index (χ3v) is 4.90. The number of phenols is 1. The fraction of sp³-hybridized carbons (Fsp3) is 0.143. The van der Waals surface area contributed by atoms with Gasteiger partial charge in [-0.15, -0.1) is 11.3 Å². The summed E-state index contributed by atoms with van der Waals surface area (Å²) in [7, 11) is 0. The number of carbonyl (C=O) groups is 2. The molecule has 0 aliphatic carbocycles. The summed E-state index contributed by atoms with van der Waals surface area (Å²) < 4.78 is 0.639. The number of carbonyl (C=O) groups excluding carboxylic acids is 1. The fourth-order valence-corrected chi connectivity index (χ4v) is 3.02. The van der Waals surface area contributed by atoms with Gasteiger partial charge >= 0.3 is 5.97 Å². The smallest absolute Gasteiger partial charge is 0.338 e. The molecule has 0 aliphatic heterocycles. The molecule has 0 aliphatic rings. The number of aromatic carboxylic acids is 1. The number of anilines is 1. The van der Waals surface area contributed by atoms with Crippen LogP contribution in [0.15, 0.2) is 24.3 Å². The van der Waals surface area contributed by atoms with E-state index < -0.39 is 11.9 Å². The average molecular weight is 417 g/mol. The first kappa shape index (κ1) is 15.8. The van der Waals surface area contributed by atoms with Crippen LogP contribution in [0.2, 0.25) is 0 Å². The number of thiophene rings is 1. The molecule has 21 heavy (non-hydrogen) atoms. The highest BCUT2D eigenvalue weighted by Gasteiger charge is 2.18. The molecule has 0 fully saturated rings. The highest BCUT2D eigenvalue weighted by Crippen LogP contribution is 2.29. The van der Waals surface area contributed by atoms with Crippen LogP contribution in [-0.2, 0) is 6.42 Å². The van der Waals surface area contributed by atoms with Crippen molar-refractivity contribution >= 4 is 50.8 Å². The van der Waals surface area contributed by atoms with E-state index in [-0.39, 0.29) is 16.9 Å². The molecular weight excluding hydrogens is 405 g/mol. The molecule has 3 N–H and O–H groups in total. The van der Waals surface area contributed by atoms with Gasteiger partial charge in [0.2, 0.25) is 0 Å². The van der Waals surface area contributed by atoms with E-state index in [0.29, 0.717) is 15.0 Å². The third kappa shape index (κ3) is 3.53. The highest BCUT2D eigenvalue weighted by molar-refractivity contribution is 14.1. The fourth-order valence-electron chi connectivity index (χ4n) is 1.70. The summed E-state index contributed by atoms with van der Waals surface area (Å²) in [5.74, 6) is -1.51. The van der Waals surface area contributed by atoms with Crippen LogP contribution >= 0.6 is 33.9 Å². The Hall–Kier alpha value is -1.61. The molecule has 1 amide bonds. The zero-order chi connectivity index (χ0) is 15.6. The Bertz CT molecular complexity index is 711. The van der Waals surface area contributed by atoms with Crippen LogP contribution in [0.4, 0.5) is 5.00 Å². The molecule has 1 aromatic heterocycles. The highest BCUT2D eigenvalue weighted by atomic mass is 127. The van der Waals surface area contributed by atoms with Crippen LogP contribution in [0.3, 0.4) is 0 Å². The Labute approximate surface area is 138 Å². The van der Waals surface area contributed by atoms with Gasteiger partial charge in [0.15, 0.2) is 0 Å². The largest absolute Gasteiger partial charge is 0.507 e. The quantitative estimate of drug-likeness (QED) is 0.664. The lowest BCUT2D eigenvalue weighted by atomic mass is 10.2. The van der Waals surface area contributed by atoms with Crippen molar-refractivity contribution in [3.8, 4) is 5.75 Å². The lowest BCUT2D eigenvalue weighted by molar-refractivity contribution is 0.0698. The molecule has 1 heterocycles. The third-order valence-electron chi connectivity index (χ3n) is 2.80. The van der Waals surface area contributed by atoms with Gasteiger partial charge in [0.1, 0.15) is 10.8 Å². The number of hydrogen-bond acceptors (Lipinski definition) is 4. The Kier molecular flexibility index (Phi) is 4.84. The molecule has 0 spiro atoms. The van der Waals surface area contributed by atoms with E-state index in [2.05, 4.69) is 5.32 Å². The molecule has 7 heteroatoms. The molecular formula is C14H12INO4S. The SMILES string of the molecule is CCc1cc(C(=O)O)c(NC(=O)c2ccc(I)c(O)c2)s1. The van der Waals surface area contributed by atoms with Gasteiger partial charge in [-0.1, -0.05) is 6.92 Å². The van der Waals surface area contributed by atoms with E-state index in [1.807, 2.05) is 29.5 Å². The maximum Gasteiger partial charge on any atom is 0.338 e. The zero-order valence-electron chi connectivity index (χ0n) is 11.0. The standard InChI is InChI=1S/C14H12INO4S/c1-2-8-6-9(14(19)20)13(21-8)16-12(18)7-3-4-10(15)11(17)5-7/h3-6,17H,2H2,1H3,(H,16,18)(H,19,20). The van der Waals surface area contributed by atoms with Gasteiger partial charge in [0.25, 0.3) is 5.91 Å². The van der Waals surface area contributed by atoms with E-state index in [4.69, 9.17) is 5.11 Å². The van der Waals surface area contributed by atoms with Crippen molar-refractivity contribution in [3.05, 3.63) is 43.8 Å². The molecule has 1 aromatic carbocycles. The van der Waals surface area contributed by atoms with Crippen molar-refractivity contribution < 1.29 is 19.8 Å². The van der Waals surface area contributed by atoms with E-state index >= 15 is 0 Å². The van der Waals surface area contributed by atoms with Crippen LogP contribution < -0.4 is 5.32 Å². The molecule has 0 unspecified atom stereocenters. The maximum absolute atomic E-state index is 12.1. The van der Waals surface area contributed by atoms with E-state index in [1.165, 1.54) is 17.4 Å². The number of carboxylic acid groups (broad SMARTS) is 1. The van der Waals surface area contributed by atoms with Crippen molar-refractivity contribution in [2.75, 3.05) is 5.32 Å². The van der Waals surface area contributed by atoms with Gasteiger partial charge in [-0.2, -0.15) is 0 Å². The minimum Gasteiger partial charge on any atom is -0.507 e. The molecule has 0 saturated carbocycles.